The van der Waals surface area contributed by atoms with E-state index in [1.54, 1.807) is 0 Å². The van der Waals surface area contributed by atoms with E-state index < -0.39 is 24.2 Å². The van der Waals surface area contributed by atoms with Crippen LogP contribution in [0.2, 0.25) is 0 Å². The van der Waals surface area contributed by atoms with Crippen molar-refractivity contribution in [1.29, 1.82) is 0 Å². The van der Waals surface area contributed by atoms with E-state index in [1.165, 1.54) is 7.11 Å². The second kappa shape index (κ2) is 10.4. The van der Waals surface area contributed by atoms with Crippen molar-refractivity contribution in [1.82, 2.24) is 10.6 Å². The minimum atomic E-state index is -4.18. The van der Waals surface area contributed by atoms with Gasteiger partial charge < -0.3 is 15.4 Å². The number of esters is 1. The Kier molecular flexibility index (Phi) is 8.92. The predicted molar refractivity (Wildman–Crippen MR) is 83.4 cm³/mol. The zero-order valence-electron chi connectivity index (χ0n) is 14.1. The summed E-state index contributed by atoms with van der Waals surface area (Å²) in [5.41, 5.74) is 0. The highest BCUT2D eigenvalue weighted by atomic mass is 19.4. The minimum Gasteiger partial charge on any atom is -0.469 e. The third-order valence-electron chi connectivity index (χ3n) is 4.29. The van der Waals surface area contributed by atoms with Crippen LogP contribution in [0.3, 0.4) is 0 Å². The van der Waals surface area contributed by atoms with Crippen LogP contribution < -0.4 is 10.6 Å². The van der Waals surface area contributed by atoms with Gasteiger partial charge in [-0.1, -0.05) is 19.3 Å². The SMILES string of the molecule is COC(=O)CCCCCCNC(=O)N[C@H]1CCC[C@H](C(F)(F)F)C1. The highest BCUT2D eigenvalue weighted by molar-refractivity contribution is 5.74. The molecule has 24 heavy (non-hydrogen) atoms. The molecule has 1 saturated carbocycles. The van der Waals surface area contributed by atoms with E-state index in [9.17, 15) is 22.8 Å². The van der Waals surface area contributed by atoms with Crippen LogP contribution in [0.4, 0.5) is 18.0 Å². The third kappa shape index (κ3) is 8.40. The van der Waals surface area contributed by atoms with Gasteiger partial charge in [0, 0.05) is 19.0 Å². The average molecular weight is 352 g/mol. The van der Waals surface area contributed by atoms with Crippen LogP contribution in [0.1, 0.15) is 57.8 Å². The van der Waals surface area contributed by atoms with Gasteiger partial charge in [-0.3, -0.25) is 4.79 Å². The number of nitrogens with one attached hydrogen (secondary N) is 2. The second-order valence-corrected chi connectivity index (χ2v) is 6.24. The third-order valence-corrected chi connectivity index (χ3v) is 4.29. The van der Waals surface area contributed by atoms with Crippen LogP contribution in [-0.4, -0.2) is 37.9 Å². The number of hydrogen-bond acceptors (Lipinski definition) is 3. The Morgan fingerprint density at radius 3 is 2.50 bits per heavy atom. The van der Waals surface area contributed by atoms with E-state index in [-0.39, 0.29) is 18.8 Å². The van der Waals surface area contributed by atoms with Crippen molar-refractivity contribution in [3.8, 4) is 0 Å². The maximum Gasteiger partial charge on any atom is 0.391 e. The maximum absolute atomic E-state index is 12.7. The number of urea groups is 1. The average Bonchev–Trinajstić information content (AvgIpc) is 2.53. The highest BCUT2D eigenvalue weighted by Crippen LogP contribution is 2.37. The van der Waals surface area contributed by atoms with Gasteiger partial charge in [-0.05, 0) is 32.1 Å². The molecule has 0 heterocycles. The number of hydrogen-bond donors (Lipinski definition) is 2. The van der Waals surface area contributed by atoms with Gasteiger partial charge in [0.05, 0.1) is 13.0 Å². The molecule has 1 aliphatic rings. The molecule has 1 rings (SSSR count). The lowest BCUT2D eigenvalue weighted by molar-refractivity contribution is -0.183. The summed E-state index contributed by atoms with van der Waals surface area (Å²) in [6.07, 6.45) is 0.658. The fourth-order valence-corrected chi connectivity index (χ4v) is 2.91. The summed E-state index contributed by atoms with van der Waals surface area (Å²) in [4.78, 5) is 22.6. The molecule has 8 heteroatoms. The Balaban J connectivity index is 2.08. The van der Waals surface area contributed by atoms with Crippen LogP contribution >= 0.6 is 0 Å². The van der Waals surface area contributed by atoms with Gasteiger partial charge in [-0.15, -0.1) is 0 Å². The first-order valence-electron chi connectivity index (χ1n) is 8.51. The number of alkyl halides is 3. The molecular formula is C16H27F3N2O3. The van der Waals surface area contributed by atoms with Gasteiger partial charge in [-0.2, -0.15) is 13.2 Å². The van der Waals surface area contributed by atoms with Crippen LogP contribution in [0, 0.1) is 5.92 Å². The van der Waals surface area contributed by atoms with Crippen LogP contribution in [-0.2, 0) is 9.53 Å². The fraction of sp³-hybridized carbons (Fsp3) is 0.875. The molecule has 0 bridgehead atoms. The molecule has 0 aromatic heterocycles. The molecule has 2 atom stereocenters. The first-order valence-corrected chi connectivity index (χ1v) is 8.51. The van der Waals surface area contributed by atoms with Crippen molar-refractivity contribution in [2.24, 2.45) is 5.92 Å². The van der Waals surface area contributed by atoms with E-state index >= 15 is 0 Å². The summed E-state index contributed by atoms with van der Waals surface area (Å²) in [5, 5.41) is 5.31. The monoisotopic (exact) mass is 352 g/mol. The summed E-state index contributed by atoms with van der Waals surface area (Å²) in [7, 11) is 1.36. The molecule has 2 amide bonds. The number of unbranched alkanes of at least 4 members (excludes halogenated alkanes) is 3. The van der Waals surface area contributed by atoms with Crippen molar-refractivity contribution in [2.75, 3.05) is 13.7 Å². The zero-order chi connectivity index (χ0) is 18.0. The van der Waals surface area contributed by atoms with Gasteiger partial charge in [0.15, 0.2) is 0 Å². The molecule has 1 fully saturated rings. The Bertz CT molecular complexity index is 403. The van der Waals surface area contributed by atoms with E-state index in [4.69, 9.17) is 0 Å². The van der Waals surface area contributed by atoms with Crippen LogP contribution in [0.15, 0.2) is 0 Å². The summed E-state index contributed by atoms with van der Waals surface area (Å²) in [6.45, 7) is 0.472. The highest BCUT2D eigenvalue weighted by Gasteiger charge is 2.42. The van der Waals surface area contributed by atoms with Gasteiger partial charge in [0.2, 0.25) is 0 Å². The summed E-state index contributed by atoms with van der Waals surface area (Å²) >= 11 is 0. The largest absolute Gasteiger partial charge is 0.469 e. The summed E-state index contributed by atoms with van der Waals surface area (Å²) in [5.74, 6) is -1.54. The number of carbonyl (C=O) groups excluding carboxylic acids is 2. The van der Waals surface area contributed by atoms with Gasteiger partial charge >= 0.3 is 18.2 Å². The van der Waals surface area contributed by atoms with Crippen molar-refractivity contribution in [3.63, 3.8) is 0 Å². The van der Waals surface area contributed by atoms with E-state index in [0.29, 0.717) is 25.8 Å². The lowest BCUT2D eigenvalue weighted by Crippen LogP contribution is -2.46. The summed E-state index contributed by atoms with van der Waals surface area (Å²) < 4.78 is 42.7. The van der Waals surface area contributed by atoms with Crippen molar-refractivity contribution < 1.29 is 27.5 Å². The lowest BCUT2D eigenvalue weighted by Gasteiger charge is -2.31. The topological polar surface area (TPSA) is 67.4 Å². The molecular weight excluding hydrogens is 325 g/mol. The Labute approximate surface area is 140 Å². The second-order valence-electron chi connectivity index (χ2n) is 6.24. The number of ether oxygens (including phenoxy) is 1. The molecule has 0 saturated heterocycles. The molecule has 0 aromatic rings. The molecule has 0 radical (unpaired) electrons. The van der Waals surface area contributed by atoms with Crippen LogP contribution in [0.5, 0.6) is 0 Å². The number of halogens is 3. The van der Waals surface area contributed by atoms with E-state index in [1.807, 2.05) is 0 Å². The Morgan fingerprint density at radius 1 is 1.12 bits per heavy atom. The summed E-state index contributed by atoms with van der Waals surface area (Å²) in [6, 6.07) is -0.817. The van der Waals surface area contributed by atoms with Crippen LogP contribution in [0.25, 0.3) is 0 Å². The number of methoxy groups -OCH3 is 1. The molecule has 2 N–H and O–H groups in total. The first kappa shape index (κ1) is 20.6. The van der Waals surface area contributed by atoms with E-state index in [0.717, 1.165) is 25.7 Å². The quantitative estimate of drug-likeness (QED) is 0.519. The smallest absolute Gasteiger partial charge is 0.391 e. The van der Waals surface area contributed by atoms with Crippen molar-refractivity contribution in [2.45, 2.75) is 70.0 Å². The molecule has 1 aliphatic carbocycles. The number of rotatable bonds is 8. The number of carbonyl (C=O) groups is 2. The lowest BCUT2D eigenvalue weighted by atomic mass is 9.85. The fourth-order valence-electron chi connectivity index (χ4n) is 2.91. The van der Waals surface area contributed by atoms with E-state index in [2.05, 4.69) is 15.4 Å². The van der Waals surface area contributed by atoms with Gasteiger partial charge in [0.25, 0.3) is 0 Å². The molecule has 0 spiro atoms. The molecule has 0 aromatic carbocycles. The Morgan fingerprint density at radius 2 is 1.83 bits per heavy atom. The van der Waals surface area contributed by atoms with Gasteiger partial charge in [-0.25, -0.2) is 4.79 Å². The Hall–Kier alpha value is -1.47. The zero-order valence-corrected chi connectivity index (χ0v) is 14.1. The van der Waals surface area contributed by atoms with Crippen molar-refractivity contribution in [3.05, 3.63) is 0 Å². The maximum atomic E-state index is 12.7. The minimum absolute atomic E-state index is 0.0373. The van der Waals surface area contributed by atoms with Crippen molar-refractivity contribution >= 4 is 12.0 Å². The molecule has 0 unspecified atom stereocenters. The standard InChI is InChI=1S/C16H27F3N2O3/c1-24-14(22)9-4-2-3-5-10-20-15(23)21-13-8-6-7-12(11-13)16(17,18)19/h12-13H,2-11H2,1H3,(H2,20,21,23)/t12-,13-/m0/s1. The molecule has 5 nitrogen and oxygen atoms in total. The molecule has 140 valence electrons. The van der Waals surface area contributed by atoms with Gasteiger partial charge in [0.1, 0.15) is 0 Å². The number of amides is 2. The predicted octanol–water partition coefficient (Wildman–Crippen LogP) is 3.53. The normalized spacial score (nSPS) is 21.2. The first-order chi connectivity index (χ1) is 11.3. The molecule has 0 aliphatic heterocycles.